The van der Waals surface area contributed by atoms with Gasteiger partial charge in [-0.1, -0.05) is 0 Å². The smallest absolute Gasteiger partial charge is 0.227 e. The monoisotopic (exact) mass is 210 g/mol. The van der Waals surface area contributed by atoms with E-state index in [4.69, 9.17) is 0 Å². The number of hydrogen-bond donors (Lipinski definition) is 1. The molecule has 1 aliphatic carbocycles. The van der Waals surface area contributed by atoms with E-state index in [0.717, 1.165) is 25.6 Å². The van der Waals surface area contributed by atoms with Crippen molar-refractivity contribution in [3.05, 3.63) is 0 Å². The van der Waals surface area contributed by atoms with Crippen molar-refractivity contribution in [1.29, 1.82) is 0 Å². The molecule has 0 aromatic heterocycles. The maximum Gasteiger partial charge on any atom is 0.227 e. The van der Waals surface area contributed by atoms with Gasteiger partial charge in [-0.25, -0.2) is 0 Å². The lowest BCUT2D eigenvalue weighted by molar-refractivity contribution is -0.127. The molecule has 15 heavy (non-hydrogen) atoms. The van der Waals surface area contributed by atoms with Crippen LogP contribution in [-0.4, -0.2) is 41.8 Å². The second-order valence-electron chi connectivity index (χ2n) is 4.66. The Morgan fingerprint density at radius 2 is 2.07 bits per heavy atom. The SMILES string of the molecule is CC(=O)CC(=O)NC1CCN(C2CC2)C1. The van der Waals surface area contributed by atoms with E-state index in [0.29, 0.717) is 0 Å². The fourth-order valence-electron chi connectivity index (χ4n) is 2.18. The number of rotatable bonds is 4. The van der Waals surface area contributed by atoms with Crippen LogP contribution in [0.4, 0.5) is 0 Å². The minimum Gasteiger partial charge on any atom is -0.352 e. The first-order chi connectivity index (χ1) is 7.15. The highest BCUT2D eigenvalue weighted by atomic mass is 16.2. The lowest BCUT2D eigenvalue weighted by Crippen LogP contribution is -2.38. The Morgan fingerprint density at radius 3 is 2.67 bits per heavy atom. The maximum atomic E-state index is 11.4. The van der Waals surface area contributed by atoms with E-state index < -0.39 is 0 Å². The van der Waals surface area contributed by atoms with Crippen LogP contribution in [-0.2, 0) is 9.59 Å². The van der Waals surface area contributed by atoms with Gasteiger partial charge in [-0.3, -0.25) is 14.5 Å². The largest absolute Gasteiger partial charge is 0.352 e. The Balaban J connectivity index is 1.71. The number of hydrogen-bond acceptors (Lipinski definition) is 3. The van der Waals surface area contributed by atoms with E-state index >= 15 is 0 Å². The van der Waals surface area contributed by atoms with Crippen molar-refractivity contribution in [2.45, 2.75) is 44.7 Å². The number of carbonyl (C=O) groups excluding carboxylic acids is 2. The Hall–Kier alpha value is -0.900. The van der Waals surface area contributed by atoms with Gasteiger partial charge in [0.05, 0.1) is 6.42 Å². The van der Waals surface area contributed by atoms with E-state index in [9.17, 15) is 9.59 Å². The Kier molecular flexibility index (Phi) is 3.05. The third-order valence-electron chi connectivity index (χ3n) is 3.06. The summed E-state index contributed by atoms with van der Waals surface area (Å²) in [6.45, 7) is 3.51. The van der Waals surface area contributed by atoms with Gasteiger partial charge in [-0.2, -0.15) is 0 Å². The number of Topliss-reactive ketones (excluding diaryl/α,β-unsaturated/α-hetero) is 1. The zero-order valence-electron chi connectivity index (χ0n) is 9.16. The summed E-state index contributed by atoms with van der Waals surface area (Å²) in [5.74, 6) is -0.185. The van der Waals surface area contributed by atoms with Crippen LogP contribution in [0.15, 0.2) is 0 Å². The number of nitrogens with one attached hydrogen (secondary N) is 1. The molecule has 0 radical (unpaired) electrons. The average Bonchev–Trinajstić information content (AvgIpc) is 2.87. The van der Waals surface area contributed by atoms with Crippen molar-refractivity contribution < 1.29 is 9.59 Å². The third kappa shape index (κ3) is 3.02. The predicted molar refractivity (Wildman–Crippen MR) is 56.4 cm³/mol. The molecular weight excluding hydrogens is 192 g/mol. The summed E-state index contributed by atoms with van der Waals surface area (Å²) < 4.78 is 0. The number of nitrogens with zero attached hydrogens (tertiary/aromatic N) is 1. The van der Waals surface area contributed by atoms with Gasteiger partial charge in [0.15, 0.2) is 0 Å². The molecule has 2 aliphatic rings. The second-order valence-corrected chi connectivity index (χ2v) is 4.66. The van der Waals surface area contributed by atoms with Crippen LogP contribution in [0.3, 0.4) is 0 Å². The molecule has 1 amide bonds. The van der Waals surface area contributed by atoms with Gasteiger partial charge in [-0.05, 0) is 26.2 Å². The van der Waals surface area contributed by atoms with E-state index in [1.807, 2.05) is 0 Å². The van der Waals surface area contributed by atoms with Crippen molar-refractivity contribution in [2.24, 2.45) is 0 Å². The van der Waals surface area contributed by atoms with Crippen LogP contribution in [0.1, 0.15) is 32.6 Å². The molecule has 4 nitrogen and oxygen atoms in total. The fourth-order valence-corrected chi connectivity index (χ4v) is 2.18. The van der Waals surface area contributed by atoms with E-state index in [2.05, 4.69) is 10.2 Å². The second kappa shape index (κ2) is 4.31. The summed E-state index contributed by atoms with van der Waals surface area (Å²) in [6.07, 6.45) is 3.68. The predicted octanol–water partition coefficient (Wildman–Crippen LogP) is 0.318. The molecule has 0 spiro atoms. The number of amides is 1. The minimum atomic E-state index is -0.120. The van der Waals surface area contributed by atoms with Crippen molar-refractivity contribution in [3.63, 3.8) is 0 Å². The van der Waals surface area contributed by atoms with Crippen LogP contribution in [0.5, 0.6) is 0 Å². The Bertz CT molecular complexity index is 274. The molecule has 1 saturated heterocycles. The summed E-state index contributed by atoms with van der Waals surface area (Å²) in [5, 5.41) is 2.92. The van der Waals surface area contributed by atoms with Gasteiger partial charge in [0.25, 0.3) is 0 Å². The first-order valence-corrected chi connectivity index (χ1v) is 5.68. The molecule has 0 aromatic carbocycles. The highest BCUT2D eigenvalue weighted by Crippen LogP contribution is 2.29. The lowest BCUT2D eigenvalue weighted by atomic mass is 10.2. The standard InChI is InChI=1S/C11H18N2O2/c1-8(14)6-11(15)12-9-4-5-13(7-9)10-2-3-10/h9-10H,2-7H2,1H3,(H,12,15). The minimum absolute atomic E-state index is 0.0277. The van der Waals surface area contributed by atoms with Gasteiger partial charge in [0.2, 0.25) is 5.91 Å². The van der Waals surface area contributed by atoms with Crippen molar-refractivity contribution in [2.75, 3.05) is 13.1 Å². The zero-order valence-corrected chi connectivity index (χ0v) is 9.16. The first-order valence-electron chi connectivity index (χ1n) is 5.68. The Morgan fingerprint density at radius 1 is 1.33 bits per heavy atom. The zero-order chi connectivity index (χ0) is 10.8. The number of likely N-dealkylation sites (tertiary alicyclic amines) is 1. The van der Waals surface area contributed by atoms with Crippen LogP contribution in [0.25, 0.3) is 0 Å². The van der Waals surface area contributed by atoms with Gasteiger partial charge in [-0.15, -0.1) is 0 Å². The molecule has 1 unspecified atom stereocenters. The van der Waals surface area contributed by atoms with Crippen molar-refractivity contribution in [3.8, 4) is 0 Å². The summed E-state index contributed by atoms with van der Waals surface area (Å²) >= 11 is 0. The van der Waals surface area contributed by atoms with Crippen LogP contribution < -0.4 is 5.32 Å². The molecule has 1 atom stereocenters. The average molecular weight is 210 g/mol. The molecular formula is C11H18N2O2. The van der Waals surface area contributed by atoms with E-state index in [1.54, 1.807) is 0 Å². The molecule has 4 heteroatoms. The number of ketones is 1. The quantitative estimate of drug-likeness (QED) is 0.680. The highest BCUT2D eigenvalue weighted by Gasteiger charge is 2.34. The molecule has 2 fully saturated rings. The molecule has 1 N–H and O–H groups in total. The number of carbonyl (C=O) groups is 2. The molecule has 0 aromatic rings. The van der Waals surface area contributed by atoms with Gasteiger partial charge < -0.3 is 5.32 Å². The first kappa shape index (κ1) is 10.6. The summed E-state index contributed by atoms with van der Waals surface area (Å²) in [5.41, 5.74) is 0. The molecule has 0 bridgehead atoms. The van der Waals surface area contributed by atoms with Crippen LogP contribution in [0, 0.1) is 0 Å². The molecule has 1 heterocycles. The highest BCUT2D eigenvalue weighted by molar-refractivity contribution is 5.96. The molecule has 1 aliphatic heterocycles. The van der Waals surface area contributed by atoms with Crippen molar-refractivity contribution in [1.82, 2.24) is 10.2 Å². The van der Waals surface area contributed by atoms with Crippen molar-refractivity contribution >= 4 is 11.7 Å². The van der Waals surface area contributed by atoms with Crippen LogP contribution in [0.2, 0.25) is 0 Å². The topological polar surface area (TPSA) is 49.4 Å². The Labute approximate surface area is 90.0 Å². The summed E-state index contributed by atoms with van der Waals surface area (Å²) in [7, 11) is 0. The van der Waals surface area contributed by atoms with Gasteiger partial charge in [0, 0.05) is 25.2 Å². The van der Waals surface area contributed by atoms with Gasteiger partial charge >= 0.3 is 0 Å². The summed E-state index contributed by atoms with van der Waals surface area (Å²) in [4.78, 5) is 24.5. The van der Waals surface area contributed by atoms with Gasteiger partial charge in [0.1, 0.15) is 5.78 Å². The fraction of sp³-hybridized carbons (Fsp3) is 0.818. The molecule has 1 saturated carbocycles. The van der Waals surface area contributed by atoms with E-state index in [-0.39, 0.29) is 24.2 Å². The summed E-state index contributed by atoms with van der Waals surface area (Å²) in [6, 6.07) is 1.04. The third-order valence-corrected chi connectivity index (χ3v) is 3.06. The molecule has 84 valence electrons. The van der Waals surface area contributed by atoms with E-state index in [1.165, 1.54) is 19.8 Å². The normalized spacial score (nSPS) is 26.6. The molecule has 2 rings (SSSR count). The maximum absolute atomic E-state index is 11.4. The van der Waals surface area contributed by atoms with Crippen LogP contribution >= 0.6 is 0 Å². The lowest BCUT2D eigenvalue weighted by Gasteiger charge is -2.15.